The molecule has 1 N–H and O–H groups in total. The van der Waals surface area contributed by atoms with E-state index in [9.17, 15) is 9.18 Å². The molecule has 0 amide bonds. The van der Waals surface area contributed by atoms with Gasteiger partial charge >= 0.3 is 0 Å². The Morgan fingerprint density at radius 3 is 2.84 bits per heavy atom. The van der Waals surface area contributed by atoms with Crippen molar-refractivity contribution >= 4 is 5.78 Å². The smallest absolute Gasteiger partial charge is 0.172 e. The number of benzene rings is 1. The van der Waals surface area contributed by atoms with E-state index < -0.39 is 0 Å². The molecule has 0 aliphatic carbocycles. The molecule has 0 spiro atoms. The molecule has 0 saturated carbocycles. The average molecular weight is 261 g/mol. The van der Waals surface area contributed by atoms with Crippen LogP contribution in [0.25, 0.3) is 0 Å². The van der Waals surface area contributed by atoms with Gasteiger partial charge in [0.2, 0.25) is 0 Å². The lowest BCUT2D eigenvalue weighted by Gasteiger charge is -2.31. The van der Waals surface area contributed by atoms with Gasteiger partial charge in [-0.15, -0.1) is 0 Å². The maximum atomic E-state index is 12.9. The van der Waals surface area contributed by atoms with E-state index in [1.54, 1.807) is 24.3 Å². The van der Waals surface area contributed by atoms with Gasteiger partial charge in [0, 0.05) is 0 Å². The molecular weight excluding hydrogens is 241 g/mol. The van der Waals surface area contributed by atoms with Gasteiger partial charge in [0.15, 0.2) is 5.78 Å². The topological polar surface area (TPSA) is 29.1 Å². The predicted molar refractivity (Wildman–Crippen MR) is 74.4 cm³/mol. The zero-order chi connectivity index (χ0) is 13.7. The van der Waals surface area contributed by atoms with Crippen LogP contribution in [0, 0.1) is 11.7 Å². The van der Waals surface area contributed by atoms with E-state index in [2.05, 4.69) is 5.32 Å². The van der Waals surface area contributed by atoms with Crippen molar-refractivity contribution in [3.63, 3.8) is 0 Å². The van der Waals surface area contributed by atoms with Gasteiger partial charge in [-0.1, -0.05) is 18.2 Å². The normalized spacial score (nSPS) is 23.7. The van der Waals surface area contributed by atoms with Crippen molar-refractivity contribution in [2.75, 3.05) is 6.54 Å². The number of carbonyl (C=O) groups excluding carboxylic acids is 1. The Balaban J connectivity index is 2.07. The highest BCUT2D eigenvalue weighted by Crippen LogP contribution is 2.22. The lowest BCUT2D eigenvalue weighted by molar-refractivity contribution is -0.118. The Morgan fingerprint density at radius 2 is 2.16 bits per heavy atom. The second-order valence-electron chi connectivity index (χ2n) is 5.07. The SMILES string of the molecule is CC=CC(=O)C1NCCCC1Cc1ccc(F)cc1. The van der Waals surface area contributed by atoms with Crippen LogP contribution in [0.2, 0.25) is 0 Å². The van der Waals surface area contributed by atoms with Gasteiger partial charge < -0.3 is 5.32 Å². The fourth-order valence-electron chi connectivity index (χ4n) is 2.70. The number of piperidine rings is 1. The summed E-state index contributed by atoms with van der Waals surface area (Å²) in [5.41, 5.74) is 1.09. The second kappa shape index (κ2) is 6.62. The first-order valence-corrected chi connectivity index (χ1v) is 6.85. The summed E-state index contributed by atoms with van der Waals surface area (Å²) >= 11 is 0. The first-order valence-electron chi connectivity index (χ1n) is 6.85. The summed E-state index contributed by atoms with van der Waals surface area (Å²) in [6, 6.07) is 6.47. The zero-order valence-electron chi connectivity index (χ0n) is 11.2. The number of allylic oxidation sites excluding steroid dienone is 1. The van der Waals surface area contributed by atoms with Crippen molar-refractivity contribution in [3.8, 4) is 0 Å². The van der Waals surface area contributed by atoms with Crippen molar-refractivity contribution in [3.05, 3.63) is 47.8 Å². The number of carbonyl (C=O) groups is 1. The fourth-order valence-corrected chi connectivity index (χ4v) is 2.70. The molecule has 1 aliphatic heterocycles. The Kier molecular flexibility index (Phi) is 4.86. The van der Waals surface area contributed by atoms with Gasteiger partial charge in [-0.25, -0.2) is 4.39 Å². The highest BCUT2D eigenvalue weighted by atomic mass is 19.1. The number of nitrogens with one attached hydrogen (secondary N) is 1. The van der Waals surface area contributed by atoms with E-state index in [0.29, 0.717) is 5.92 Å². The minimum Gasteiger partial charge on any atom is -0.307 e. The molecule has 19 heavy (non-hydrogen) atoms. The van der Waals surface area contributed by atoms with Crippen molar-refractivity contribution in [1.29, 1.82) is 0 Å². The van der Waals surface area contributed by atoms with Crippen LogP contribution in [0.5, 0.6) is 0 Å². The number of halogens is 1. The number of ketones is 1. The third-order valence-electron chi connectivity index (χ3n) is 3.64. The average Bonchev–Trinajstić information content (AvgIpc) is 2.42. The maximum Gasteiger partial charge on any atom is 0.172 e. The third kappa shape index (κ3) is 3.74. The molecule has 2 atom stereocenters. The van der Waals surface area contributed by atoms with E-state index in [-0.39, 0.29) is 17.6 Å². The monoisotopic (exact) mass is 261 g/mol. The van der Waals surface area contributed by atoms with E-state index in [0.717, 1.165) is 31.4 Å². The minimum atomic E-state index is -0.216. The Hall–Kier alpha value is -1.48. The van der Waals surface area contributed by atoms with Crippen LogP contribution in [0.3, 0.4) is 0 Å². The van der Waals surface area contributed by atoms with Crippen LogP contribution in [-0.2, 0) is 11.2 Å². The Labute approximate surface area is 113 Å². The lowest BCUT2D eigenvalue weighted by Crippen LogP contribution is -2.47. The van der Waals surface area contributed by atoms with Crippen molar-refractivity contribution in [1.82, 2.24) is 5.32 Å². The van der Waals surface area contributed by atoms with Gasteiger partial charge in [0.1, 0.15) is 5.82 Å². The van der Waals surface area contributed by atoms with E-state index >= 15 is 0 Å². The summed E-state index contributed by atoms with van der Waals surface area (Å²) < 4.78 is 12.9. The predicted octanol–water partition coefficient (Wildman–Crippen LogP) is 2.88. The van der Waals surface area contributed by atoms with E-state index in [4.69, 9.17) is 0 Å². The molecule has 2 nitrogen and oxygen atoms in total. The number of hydrogen-bond acceptors (Lipinski definition) is 2. The van der Waals surface area contributed by atoms with Crippen molar-refractivity contribution in [2.45, 2.75) is 32.2 Å². The molecule has 1 aromatic carbocycles. The van der Waals surface area contributed by atoms with Crippen molar-refractivity contribution < 1.29 is 9.18 Å². The quantitative estimate of drug-likeness (QED) is 0.844. The molecule has 1 aliphatic rings. The standard InChI is InChI=1S/C16H20FNO/c1-2-4-15(19)16-13(5-3-10-18-16)11-12-6-8-14(17)9-7-12/h2,4,6-9,13,16,18H,3,5,10-11H2,1H3. The minimum absolute atomic E-state index is 0.102. The largest absolute Gasteiger partial charge is 0.307 e. The van der Waals surface area contributed by atoms with Crippen LogP contribution in [-0.4, -0.2) is 18.4 Å². The Morgan fingerprint density at radius 1 is 1.42 bits per heavy atom. The summed E-state index contributed by atoms with van der Waals surface area (Å²) in [6.45, 7) is 2.75. The summed E-state index contributed by atoms with van der Waals surface area (Å²) in [5, 5.41) is 3.31. The Bertz CT molecular complexity index is 452. The first kappa shape index (κ1) is 13.9. The van der Waals surface area contributed by atoms with Gasteiger partial charge in [0.25, 0.3) is 0 Å². The summed E-state index contributed by atoms with van der Waals surface area (Å²) in [6.07, 6.45) is 6.37. The third-order valence-corrected chi connectivity index (χ3v) is 3.64. The molecule has 0 radical (unpaired) electrons. The van der Waals surface area contributed by atoms with E-state index in [1.807, 2.05) is 6.92 Å². The van der Waals surface area contributed by atoms with Gasteiger partial charge in [-0.05, 0) is 62.4 Å². The summed E-state index contributed by atoms with van der Waals surface area (Å²) in [5.74, 6) is 0.226. The van der Waals surface area contributed by atoms with Crippen LogP contribution in [0.4, 0.5) is 4.39 Å². The molecule has 2 rings (SSSR count). The lowest BCUT2D eigenvalue weighted by atomic mass is 9.83. The molecule has 102 valence electrons. The van der Waals surface area contributed by atoms with E-state index in [1.165, 1.54) is 12.1 Å². The highest BCUT2D eigenvalue weighted by Gasteiger charge is 2.29. The fraction of sp³-hybridized carbons (Fsp3) is 0.438. The molecule has 1 saturated heterocycles. The molecule has 2 unspecified atom stereocenters. The van der Waals surface area contributed by atoms with Crippen LogP contribution < -0.4 is 5.32 Å². The van der Waals surface area contributed by atoms with Gasteiger partial charge in [0.05, 0.1) is 6.04 Å². The second-order valence-corrected chi connectivity index (χ2v) is 5.07. The zero-order valence-corrected chi connectivity index (χ0v) is 11.2. The maximum absolute atomic E-state index is 12.9. The first-order chi connectivity index (χ1) is 9.20. The number of rotatable bonds is 4. The van der Waals surface area contributed by atoms with Crippen LogP contribution in [0.1, 0.15) is 25.3 Å². The summed E-state index contributed by atoms with van der Waals surface area (Å²) in [4.78, 5) is 12.0. The van der Waals surface area contributed by atoms with Crippen molar-refractivity contribution in [2.24, 2.45) is 5.92 Å². The van der Waals surface area contributed by atoms with Crippen LogP contribution >= 0.6 is 0 Å². The molecule has 3 heteroatoms. The van der Waals surface area contributed by atoms with Gasteiger partial charge in [-0.2, -0.15) is 0 Å². The summed E-state index contributed by atoms with van der Waals surface area (Å²) in [7, 11) is 0. The molecule has 0 bridgehead atoms. The molecule has 0 aromatic heterocycles. The highest BCUT2D eigenvalue weighted by molar-refractivity contribution is 5.94. The van der Waals surface area contributed by atoms with Crippen LogP contribution in [0.15, 0.2) is 36.4 Å². The molecule has 1 fully saturated rings. The molecule has 1 aromatic rings. The number of hydrogen-bond donors (Lipinski definition) is 1. The molecule has 1 heterocycles. The van der Waals surface area contributed by atoms with Gasteiger partial charge in [-0.3, -0.25) is 4.79 Å². The molecular formula is C16H20FNO.